The second kappa shape index (κ2) is 8.06. The Hall–Kier alpha value is -3.21. The van der Waals surface area contributed by atoms with Crippen molar-refractivity contribution < 1.29 is 9.53 Å². The zero-order chi connectivity index (χ0) is 17.5. The summed E-state index contributed by atoms with van der Waals surface area (Å²) in [7, 11) is 0. The molecule has 1 N–H and O–H groups in total. The minimum atomic E-state index is -0.0753. The van der Waals surface area contributed by atoms with Crippen molar-refractivity contribution in [2.75, 3.05) is 6.54 Å². The Morgan fingerprint density at radius 2 is 1.76 bits per heavy atom. The van der Waals surface area contributed by atoms with Crippen LogP contribution in [0.1, 0.15) is 23.7 Å². The molecule has 0 radical (unpaired) electrons. The lowest BCUT2D eigenvalue weighted by atomic mass is 10.1. The van der Waals surface area contributed by atoms with Gasteiger partial charge in [-0.15, -0.1) is 0 Å². The smallest absolute Gasteiger partial charge is 0.321 e. The maximum absolute atomic E-state index is 12.1. The SMILES string of the molecule is CCCNC(=O)c1cccc(-c2cnc(Oc3ccccc3)nc2)c1. The molecule has 0 saturated heterocycles. The Balaban J connectivity index is 1.75. The summed E-state index contributed by atoms with van der Waals surface area (Å²) in [5, 5.41) is 2.87. The molecule has 0 aliphatic rings. The fourth-order valence-corrected chi connectivity index (χ4v) is 2.29. The molecular formula is C20H19N3O2. The van der Waals surface area contributed by atoms with Crippen LogP contribution in [0.4, 0.5) is 0 Å². The van der Waals surface area contributed by atoms with Crippen LogP contribution in [0.2, 0.25) is 0 Å². The van der Waals surface area contributed by atoms with Gasteiger partial charge in [0.15, 0.2) is 0 Å². The van der Waals surface area contributed by atoms with Gasteiger partial charge in [-0.1, -0.05) is 37.3 Å². The lowest BCUT2D eigenvalue weighted by molar-refractivity contribution is 0.0953. The van der Waals surface area contributed by atoms with Crippen molar-refractivity contribution in [1.29, 1.82) is 0 Å². The highest BCUT2D eigenvalue weighted by molar-refractivity contribution is 5.95. The molecule has 0 atom stereocenters. The van der Waals surface area contributed by atoms with E-state index in [0.717, 1.165) is 17.5 Å². The molecule has 1 heterocycles. The van der Waals surface area contributed by atoms with Crippen molar-refractivity contribution in [2.24, 2.45) is 0 Å². The second-order valence-corrected chi connectivity index (χ2v) is 5.51. The van der Waals surface area contributed by atoms with Gasteiger partial charge in [0.05, 0.1) is 0 Å². The van der Waals surface area contributed by atoms with Gasteiger partial charge in [-0.25, -0.2) is 9.97 Å². The number of benzene rings is 2. The molecule has 0 spiro atoms. The van der Waals surface area contributed by atoms with E-state index in [4.69, 9.17) is 4.74 Å². The highest BCUT2D eigenvalue weighted by Crippen LogP contribution is 2.22. The molecule has 0 bridgehead atoms. The first-order valence-electron chi connectivity index (χ1n) is 8.20. The van der Waals surface area contributed by atoms with Gasteiger partial charge in [-0.2, -0.15) is 0 Å². The molecule has 5 heteroatoms. The molecule has 0 fully saturated rings. The molecule has 3 rings (SSSR count). The third-order valence-corrected chi connectivity index (χ3v) is 3.57. The third kappa shape index (κ3) is 4.41. The molecule has 0 aliphatic heterocycles. The van der Waals surface area contributed by atoms with Gasteiger partial charge in [-0.3, -0.25) is 4.79 Å². The van der Waals surface area contributed by atoms with Crippen LogP contribution in [0.3, 0.4) is 0 Å². The van der Waals surface area contributed by atoms with Crippen molar-refractivity contribution in [1.82, 2.24) is 15.3 Å². The molecule has 1 amide bonds. The lowest BCUT2D eigenvalue weighted by Gasteiger charge is -2.07. The summed E-state index contributed by atoms with van der Waals surface area (Å²) in [5.41, 5.74) is 2.33. The van der Waals surface area contributed by atoms with Crippen LogP contribution in [0.25, 0.3) is 11.1 Å². The monoisotopic (exact) mass is 333 g/mol. The molecule has 3 aromatic rings. The number of aromatic nitrogens is 2. The first kappa shape index (κ1) is 16.6. The first-order valence-corrected chi connectivity index (χ1v) is 8.20. The van der Waals surface area contributed by atoms with E-state index in [-0.39, 0.29) is 11.9 Å². The van der Waals surface area contributed by atoms with Gasteiger partial charge >= 0.3 is 6.01 Å². The number of ether oxygens (including phenoxy) is 1. The number of carbonyl (C=O) groups excluding carboxylic acids is 1. The summed E-state index contributed by atoms with van der Waals surface area (Å²) in [6.45, 7) is 2.69. The van der Waals surface area contributed by atoms with Crippen LogP contribution in [-0.4, -0.2) is 22.4 Å². The molecule has 0 saturated carbocycles. The summed E-state index contributed by atoms with van der Waals surface area (Å²) in [4.78, 5) is 20.6. The molecule has 1 aromatic heterocycles. The molecule has 2 aromatic carbocycles. The van der Waals surface area contributed by atoms with E-state index in [2.05, 4.69) is 15.3 Å². The van der Waals surface area contributed by atoms with E-state index in [9.17, 15) is 4.79 Å². The van der Waals surface area contributed by atoms with Crippen LogP contribution in [0.5, 0.6) is 11.8 Å². The number of carbonyl (C=O) groups is 1. The number of rotatable bonds is 6. The van der Waals surface area contributed by atoms with Crippen molar-refractivity contribution in [3.8, 4) is 22.9 Å². The van der Waals surface area contributed by atoms with Crippen LogP contribution in [0, 0.1) is 0 Å². The average molecular weight is 333 g/mol. The van der Waals surface area contributed by atoms with Crippen LogP contribution in [-0.2, 0) is 0 Å². The molecule has 5 nitrogen and oxygen atoms in total. The predicted molar refractivity (Wildman–Crippen MR) is 96.6 cm³/mol. The highest BCUT2D eigenvalue weighted by atomic mass is 16.5. The number of amides is 1. The van der Waals surface area contributed by atoms with Crippen LogP contribution >= 0.6 is 0 Å². The Morgan fingerprint density at radius 1 is 1.00 bits per heavy atom. The average Bonchev–Trinajstić information content (AvgIpc) is 2.67. The molecular weight excluding hydrogens is 314 g/mol. The number of hydrogen-bond acceptors (Lipinski definition) is 4. The summed E-state index contributed by atoms with van der Waals surface area (Å²) in [6, 6.07) is 17.1. The van der Waals surface area contributed by atoms with Gasteiger partial charge in [0.2, 0.25) is 0 Å². The summed E-state index contributed by atoms with van der Waals surface area (Å²) in [6.07, 6.45) is 4.28. The van der Waals surface area contributed by atoms with Crippen molar-refractivity contribution in [2.45, 2.75) is 13.3 Å². The standard InChI is InChI=1S/C20H19N3O2/c1-2-11-21-19(24)16-8-6-7-15(12-16)17-13-22-20(23-14-17)25-18-9-4-3-5-10-18/h3-10,12-14H,2,11H2,1H3,(H,21,24). The van der Waals surface area contributed by atoms with Gasteiger partial charge < -0.3 is 10.1 Å². The van der Waals surface area contributed by atoms with E-state index < -0.39 is 0 Å². The van der Waals surface area contributed by atoms with Gasteiger partial charge in [-0.05, 0) is 36.2 Å². The summed E-state index contributed by atoms with van der Waals surface area (Å²) >= 11 is 0. The highest BCUT2D eigenvalue weighted by Gasteiger charge is 2.07. The number of para-hydroxylation sites is 1. The van der Waals surface area contributed by atoms with Crippen molar-refractivity contribution in [3.63, 3.8) is 0 Å². The van der Waals surface area contributed by atoms with Gasteiger partial charge in [0, 0.05) is 30.1 Å². The zero-order valence-electron chi connectivity index (χ0n) is 14.0. The van der Waals surface area contributed by atoms with Crippen LogP contribution < -0.4 is 10.1 Å². The molecule has 25 heavy (non-hydrogen) atoms. The Bertz CT molecular complexity index is 833. The minimum Gasteiger partial charge on any atom is -0.424 e. The fourth-order valence-electron chi connectivity index (χ4n) is 2.29. The second-order valence-electron chi connectivity index (χ2n) is 5.51. The van der Waals surface area contributed by atoms with E-state index in [1.807, 2.05) is 55.5 Å². The van der Waals surface area contributed by atoms with Gasteiger partial charge in [0.25, 0.3) is 5.91 Å². The maximum Gasteiger partial charge on any atom is 0.321 e. The van der Waals surface area contributed by atoms with E-state index in [0.29, 0.717) is 17.9 Å². The summed E-state index contributed by atoms with van der Waals surface area (Å²) in [5.74, 6) is 0.610. The minimum absolute atomic E-state index is 0.0753. The zero-order valence-corrected chi connectivity index (χ0v) is 14.0. The molecule has 0 aliphatic carbocycles. The van der Waals surface area contributed by atoms with Crippen LogP contribution in [0.15, 0.2) is 67.0 Å². The Kier molecular flexibility index (Phi) is 5.36. The predicted octanol–water partition coefficient (Wildman–Crippen LogP) is 4.08. The largest absolute Gasteiger partial charge is 0.424 e. The Morgan fingerprint density at radius 3 is 2.48 bits per heavy atom. The van der Waals surface area contributed by atoms with E-state index in [1.54, 1.807) is 18.5 Å². The number of hydrogen-bond donors (Lipinski definition) is 1. The Labute approximate surface area is 146 Å². The quantitative estimate of drug-likeness (QED) is 0.738. The van der Waals surface area contributed by atoms with E-state index >= 15 is 0 Å². The fraction of sp³-hybridized carbons (Fsp3) is 0.150. The van der Waals surface area contributed by atoms with Crippen molar-refractivity contribution >= 4 is 5.91 Å². The molecule has 0 unspecified atom stereocenters. The normalized spacial score (nSPS) is 10.3. The number of nitrogens with zero attached hydrogens (tertiary/aromatic N) is 2. The van der Waals surface area contributed by atoms with E-state index in [1.165, 1.54) is 0 Å². The molecule has 126 valence electrons. The lowest BCUT2D eigenvalue weighted by Crippen LogP contribution is -2.23. The number of nitrogens with one attached hydrogen (secondary N) is 1. The topological polar surface area (TPSA) is 64.1 Å². The maximum atomic E-state index is 12.1. The first-order chi connectivity index (χ1) is 12.3. The summed E-state index contributed by atoms with van der Waals surface area (Å²) < 4.78 is 5.59. The van der Waals surface area contributed by atoms with Crippen molar-refractivity contribution in [3.05, 3.63) is 72.6 Å². The van der Waals surface area contributed by atoms with Gasteiger partial charge in [0.1, 0.15) is 5.75 Å². The third-order valence-electron chi connectivity index (χ3n) is 3.57.